The van der Waals surface area contributed by atoms with E-state index in [-0.39, 0.29) is 11.8 Å². The second-order valence-electron chi connectivity index (χ2n) is 5.09. The molecule has 3 N–H and O–H groups in total. The zero-order valence-corrected chi connectivity index (χ0v) is 11.9. The lowest BCUT2D eigenvalue weighted by atomic mass is 9.98. The number of piperidine rings is 1. The van der Waals surface area contributed by atoms with Crippen molar-refractivity contribution in [3.05, 3.63) is 36.0 Å². The van der Waals surface area contributed by atoms with Gasteiger partial charge in [-0.15, -0.1) is 0 Å². The van der Waals surface area contributed by atoms with Crippen molar-refractivity contribution in [2.45, 2.75) is 19.4 Å². The Labute approximate surface area is 122 Å². The summed E-state index contributed by atoms with van der Waals surface area (Å²) in [7, 11) is 0. The lowest BCUT2D eigenvalue weighted by Crippen LogP contribution is -2.43. The highest BCUT2D eigenvalue weighted by atomic mass is 32.1. The van der Waals surface area contributed by atoms with Crippen LogP contribution in [-0.4, -0.2) is 22.4 Å². The largest absolute Gasteiger partial charge is 0.379 e. The number of thiocarbonyl (C=S) groups is 1. The predicted molar refractivity (Wildman–Crippen MR) is 83.5 cm³/mol. The van der Waals surface area contributed by atoms with E-state index in [0.29, 0.717) is 11.5 Å². The first-order valence-corrected chi connectivity index (χ1v) is 7.27. The molecule has 1 amide bonds. The maximum atomic E-state index is 12.1. The van der Waals surface area contributed by atoms with Crippen molar-refractivity contribution in [1.82, 2.24) is 15.6 Å². The minimum absolute atomic E-state index is 0.0147. The van der Waals surface area contributed by atoms with Crippen LogP contribution in [0, 0.1) is 5.92 Å². The van der Waals surface area contributed by atoms with Gasteiger partial charge in [0.2, 0.25) is 5.91 Å². The van der Waals surface area contributed by atoms with E-state index in [0.717, 1.165) is 36.0 Å². The standard InChI is InChI=1S/C15H17N3OS/c19-14(12-5-3-7-16-15(12)20)17-9-11-8-10-4-1-2-6-13(10)18-11/h1-2,4,6,8,12,18H,3,5,7,9H2,(H,16,20)(H,17,19). The van der Waals surface area contributed by atoms with E-state index in [4.69, 9.17) is 12.2 Å². The van der Waals surface area contributed by atoms with Crippen molar-refractivity contribution >= 4 is 34.0 Å². The molecule has 1 aliphatic rings. The Morgan fingerprint density at radius 3 is 3.05 bits per heavy atom. The number of carbonyl (C=O) groups is 1. The maximum Gasteiger partial charge on any atom is 0.230 e. The summed E-state index contributed by atoms with van der Waals surface area (Å²) in [6, 6.07) is 10.1. The highest BCUT2D eigenvalue weighted by molar-refractivity contribution is 7.80. The third kappa shape index (κ3) is 2.67. The Bertz CT molecular complexity index is 616. The summed E-state index contributed by atoms with van der Waals surface area (Å²) >= 11 is 5.21. The molecule has 1 aromatic heterocycles. The van der Waals surface area contributed by atoms with Crippen molar-refractivity contribution in [3.63, 3.8) is 0 Å². The van der Waals surface area contributed by atoms with E-state index in [1.54, 1.807) is 0 Å². The van der Waals surface area contributed by atoms with Crippen molar-refractivity contribution < 1.29 is 4.79 Å². The number of aromatic nitrogens is 1. The Morgan fingerprint density at radius 2 is 2.25 bits per heavy atom. The summed E-state index contributed by atoms with van der Waals surface area (Å²) in [6.07, 6.45) is 1.83. The smallest absolute Gasteiger partial charge is 0.230 e. The van der Waals surface area contributed by atoms with Gasteiger partial charge >= 0.3 is 0 Å². The van der Waals surface area contributed by atoms with Crippen molar-refractivity contribution in [1.29, 1.82) is 0 Å². The van der Waals surface area contributed by atoms with Crippen molar-refractivity contribution in [2.75, 3.05) is 6.54 Å². The fourth-order valence-corrected chi connectivity index (χ4v) is 2.88. The van der Waals surface area contributed by atoms with E-state index in [1.165, 1.54) is 0 Å². The van der Waals surface area contributed by atoms with Gasteiger partial charge in [-0.2, -0.15) is 0 Å². The number of para-hydroxylation sites is 1. The van der Waals surface area contributed by atoms with E-state index < -0.39 is 0 Å². The number of rotatable bonds is 3. The minimum atomic E-state index is -0.178. The first-order chi connectivity index (χ1) is 9.74. The fraction of sp³-hybridized carbons (Fsp3) is 0.333. The number of nitrogens with one attached hydrogen (secondary N) is 3. The Balaban J connectivity index is 1.63. The SMILES string of the molecule is O=C(NCc1cc2ccccc2[nH]1)C1CCCNC1=S. The van der Waals surface area contributed by atoms with Crippen molar-refractivity contribution in [2.24, 2.45) is 5.92 Å². The molecule has 1 saturated heterocycles. The molecule has 0 radical (unpaired) electrons. The van der Waals surface area contributed by atoms with Crippen LogP contribution in [0.1, 0.15) is 18.5 Å². The van der Waals surface area contributed by atoms with Crippen molar-refractivity contribution in [3.8, 4) is 0 Å². The molecule has 104 valence electrons. The van der Waals surface area contributed by atoms with Crippen LogP contribution in [0.15, 0.2) is 30.3 Å². The monoisotopic (exact) mass is 287 g/mol. The number of amides is 1. The predicted octanol–water partition coefficient (Wildman–Crippen LogP) is 2.11. The number of aromatic amines is 1. The Morgan fingerprint density at radius 1 is 1.40 bits per heavy atom. The molecule has 1 aliphatic heterocycles. The molecule has 0 bridgehead atoms. The first kappa shape index (κ1) is 13.1. The van der Waals surface area contributed by atoms with E-state index in [2.05, 4.69) is 27.8 Å². The molecule has 1 aromatic carbocycles. The minimum Gasteiger partial charge on any atom is -0.379 e. The van der Waals surface area contributed by atoms with Crippen LogP contribution in [0.3, 0.4) is 0 Å². The molecular weight excluding hydrogens is 270 g/mol. The highest BCUT2D eigenvalue weighted by Crippen LogP contribution is 2.16. The van der Waals surface area contributed by atoms with Crippen LogP contribution in [0.25, 0.3) is 10.9 Å². The molecule has 2 heterocycles. The van der Waals surface area contributed by atoms with E-state index >= 15 is 0 Å². The molecule has 1 unspecified atom stereocenters. The van der Waals surface area contributed by atoms with E-state index in [9.17, 15) is 4.79 Å². The molecule has 1 atom stereocenters. The fourth-order valence-electron chi connectivity index (χ4n) is 2.56. The molecule has 0 aliphatic carbocycles. The van der Waals surface area contributed by atoms with Gasteiger partial charge in [0.1, 0.15) is 0 Å². The summed E-state index contributed by atoms with van der Waals surface area (Å²) in [5, 5.41) is 7.22. The molecule has 1 fully saturated rings. The summed E-state index contributed by atoms with van der Waals surface area (Å²) in [4.78, 5) is 16.1. The van der Waals surface area contributed by atoms with E-state index in [1.807, 2.05) is 18.2 Å². The van der Waals surface area contributed by atoms with Gasteiger partial charge in [-0.05, 0) is 30.4 Å². The van der Waals surface area contributed by atoms with Crippen LogP contribution < -0.4 is 10.6 Å². The van der Waals surface area contributed by atoms with Crippen LogP contribution >= 0.6 is 12.2 Å². The molecular formula is C15H17N3OS. The third-order valence-corrected chi connectivity index (χ3v) is 4.07. The quantitative estimate of drug-likeness (QED) is 0.758. The number of benzene rings is 1. The Kier molecular flexibility index (Phi) is 3.69. The first-order valence-electron chi connectivity index (χ1n) is 6.86. The number of fused-ring (bicyclic) bond motifs is 1. The third-order valence-electron chi connectivity index (χ3n) is 3.64. The normalized spacial score (nSPS) is 18.8. The maximum absolute atomic E-state index is 12.1. The molecule has 20 heavy (non-hydrogen) atoms. The van der Waals surface area contributed by atoms with Gasteiger partial charge in [-0.3, -0.25) is 4.79 Å². The molecule has 3 rings (SSSR count). The molecule has 5 heteroatoms. The van der Waals surface area contributed by atoms with Gasteiger partial charge in [0, 0.05) is 17.8 Å². The zero-order valence-electron chi connectivity index (χ0n) is 11.1. The molecule has 0 spiro atoms. The highest BCUT2D eigenvalue weighted by Gasteiger charge is 2.25. The second kappa shape index (κ2) is 5.63. The summed E-state index contributed by atoms with van der Waals surface area (Å²) in [5.41, 5.74) is 2.10. The van der Waals surface area contributed by atoms with Gasteiger partial charge in [0.15, 0.2) is 0 Å². The van der Waals surface area contributed by atoms with Gasteiger partial charge in [0.25, 0.3) is 0 Å². The topological polar surface area (TPSA) is 56.9 Å². The van der Waals surface area contributed by atoms with Gasteiger partial charge in [0.05, 0.1) is 17.5 Å². The molecule has 0 saturated carbocycles. The lowest BCUT2D eigenvalue weighted by Gasteiger charge is -2.23. The lowest BCUT2D eigenvalue weighted by molar-refractivity contribution is -0.123. The zero-order chi connectivity index (χ0) is 13.9. The van der Waals surface area contributed by atoms with Crippen LogP contribution in [0.5, 0.6) is 0 Å². The number of hydrogen-bond acceptors (Lipinski definition) is 2. The van der Waals surface area contributed by atoms with Gasteiger partial charge in [-0.25, -0.2) is 0 Å². The van der Waals surface area contributed by atoms with Crippen LogP contribution in [0.2, 0.25) is 0 Å². The number of carbonyl (C=O) groups excluding carboxylic acids is 1. The molecule has 2 aromatic rings. The number of hydrogen-bond donors (Lipinski definition) is 3. The summed E-state index contributed by atoms with van der Waals surface area (Å²) in [5.74, 6) is -0.163. The van der Waals surface area contributed by atoms with Gasteiger partial charge < -0.3 is 15.6 Å². The summed E-state index contributed by atoms with van der Waals surface area (Å²) in [6.45, 7) is 1.39. The average molecular weight is 287 g/mol. The molecule has 4 nitrogen and oxygen atoms in total. The number of H-pyrrole nitrogens is 1. The summed E-state index contributed by atoms with van der Waals surface area (Å²) < 4.78 is 0. The average Bonchev–Trinajstić information content (AvgIpc) is 2.88. The van der Waals surface area contributed by atoms with Crippen LogP contribution in [0.4, 0.5) is 0 Å². The Hall–Kier alpha value is -1.88. The van der Waals surface area contributed by atoms with Gasteiger partial charge in [-0.1, -0.05) is 30.4 Å². The van der Waals surface area contributed by atoms with Crippen LogP contribution in [-0.2, 0) is 11.3 Å². The second-order valence-corrected chi connectivity index (χ2v) is 5.53.